The van der Waals surface area contributed by atoms with E-state index in [9.17, 15) is 10.2 Å². The van der Waals surface area contributed by atoms with Crippen LogP contribution in [0, 0.1) is 0 Å². The Labute approximate surface area is 133 Å². The predicted octanol–water partition coefficient (Wildman–Crippen LogP) is 3.14. The Morgan fingerprint density at radius 3 is 2.22 bits per heavy atom. The minimum atomic E-state index is 0.255. The first-order valence-electron chi connectivity index (χ1n) is 7.75. The monoisotopic (exact) mass is 307 g/mol. The van der Waals surface area contributed by atoms with Gasteiger partial charge < -0.3 is 10.2 Å². The fourth-order valence-electron chi connectivity index (χ4n) is 3.29. The third-order valence-corrected chi connectivity index (χ3v) is 4.39. The molecule has 1 aromatic heterocycles. The molecule has 0 bridgehead atoms. The molecule has 1 aliphatic rings. The highest BCUT2D eigenvalue weighted by molar-refractivity contribution is 5.82. The molecule has 5 heteroatoms. The van der Waals surface area contributed by atoms with Crippen molar-refractivity contribution in [2.24, 2.45) is 0 Å². The first-order chi connectivity index (χ1) is 11.2. The number of hydrogen-bond donors (Lipinski definition) is 2. The van der Waals surface area contributed by atoms with Gasteiger partial charge in [0.2, 0.25) is 0 Å². The highest BCUT2D eigenvalue weighted by Gasteiger charge is 2.23. The Balaban J connectivity index is 2.05. The molecular weight excluding hydrogens is 290 g/mol. The summed E-state index contributed by atoms with van der Waals surface area (Å²) in [5.74, 6) is 0.516. The molecule has 3 aromatic rings. The van der Waals surface area contributed by atoms with E-state index in [4.69, 9.17) is 0 Å². The zero-order valence-electron chi connectivity index (χ0n) is 12.8. The molecule has 2 aromatic carbocycles. The van der Waals surface area contributed by atoms with Crippen molar-refractivity contribution in [3.8, 4) is 34.0 Å². The number of rotatable bonds is 1. The zero-order valence-corrected chi connectivity index (χ0v) is 12.8. The quantitative estimate of drug-likeness (QED) is 0.724. The van der Waals surface area contributed by atoms with Crippen LogP contribution in [0.15, 0.2) is 36.4 Å². The van der Waals surface area contributed by atoms with Crippen molar-refractivity contribution in [2.75, 3.05) is 0 Å². The van der Waals surface area contributed by atoms with Crippen LogP contribution in [-0.2, 0) is 19.4 Å². The van der Waals surface area contributed by atoms with Crippen molar-refractivity contribution in [1.29, 1.82) is 0 Å². The number of phenols is 2. The average molecular weight is 307 g/mol. The van der Waals surface area contributed by atoms with Crippen molar-refractivity contribution >= 4 is 0 Å². The summed E-state index contributed by atoms with van der Waals surface area (Å²) >= 11 is 0. The predicted molar refractivity (Wildman–Crippen MR) is 87.3 cm³/mol. The second kappa shape index (κ2) is 5.12. The number of fused-ring (bicyclic) bond motifs is 5. The van der Waals surface area contributed by atoms with E-state index in [-0.39, 0.29) is 11.5 Å². The van der Waals surface area contributed by atoms with Crippen LogP contribution in [0.3, 0.4) is 0 Å². The summed E-state index contributed by atoms with van der Waals surface area (Å²) in [6.07, 6.45) is 1.56. The lowest BCUT2D eigenvalue weighted by Crippen LogP contribution is -2.05. The van der Waals surface area contributed by atoms with E-state index in [0.717, 1.165) is 53.0 Å². The Bertz CT molecular complexity index is 899. The minimum Gasteiger partial charge on any atom is -0.508 e. The van der Waals surface area contributed by atoms with Crippen LogP contribution >= 0.6 is 0 Å². The maximum absolute atomic E-state index is 9.84. The van der Waals surface area contributed by atoms with Gasteiger partial charge in [0.25, 0.3) is 0 Å². The smallest absolute Gasteiger partial charge is 0.121 e. The SMILES string of the molecule is CCn1nnc2c1-c1ccc(O)cc1CCc1cc(O)ccc1-2. The van der Waals surface area contributed by atoms with Crippen LogP contribution in [0.1, 0.15) is 18.1 Å². The first kappa shape index (κ1) is 13.8. The van der Waals surface area contributed by atoms with Crippen LogP contribution in [0.2, 0.25) is 0 Å². The molecule has 4 rings (SSSR count). The maximum atomic E-state index is 9.84. The third kappa shape index (κ3) is 2.16. The second-order valence-electron chi connectivity index (χ2n) is 5.79. The topological polar surface area (TPSA) is 71.2 Å². The molecule has 0 radical (unpaired) electrons. The number of benzene rings is 2. The Hall–Kier alpha value is -2.82. The van der Waals surface area contributed by atoms with Crippen molar-refractivity contribution in [2.45, 2.75) is 26.3 Å². The molecule has 0 saturated carbocycles. The molecule has 1 aliphatic carbocycles. The molecular formula is C18H17N3O2. The summed E-state index contributed by atoms with van der Waals surface area (Å²) in [5.41, 5.74) is 5.97. The average Bonchev–Trinajstić information content (AvgIpc) is 2.95. The maximum Gasteiger partial charge on any atom is 0.121 e. The largest absolute Gasteiger partial charge is 0.508 e. The molecule has 2 N–H and O–H groups in total. The van der Waals surface area contributed by atoms with Gasteiger partial charge in [-0.15, -0.1) is 5.10 Å². The van der Waals surface area contributed by atoms with Gasteiger partial charge in [0.1, 0.15) is 17.2 Å². The molecule has 116 valence electrons. The molecule has 0 aliphatic heterocycles. The lowest BCUT2D eigenvalue weighted by molar-refractivity contribution is 0.473. The molecule has 0 unspecified atom stereocenters. The third-order valence-electron chi connectivity index (χ3n) is 4.39. The van der Waals surface area contributed by atoms with Crippen LogP contribution in [-0.4, -0.2) is 25.2 Å². The van der Waals surface area contributed by atoms with Gasteiger partial charge in [0.05, 0.1) is 5.69 Å². The van der Waals surface area contributed by atoms with Crippen molar-refractivity contribution < 1.29 is 10.2 Å². The summed E-state index contributed by atoms with van der Waals surface area (Å²) in [6.45, 7) is 2.75. The highest BCUT2D eigenvalue weighted by atomic mass is 16.3. The van der Waals surface area contributed by atoms with E-state index >= 15 is 0 Å². The van der Waals surface area contributed by atoms with Gasteiger partial charge in [0, 0.05) is 17.7 Å². The Kier molecular flexibility index (Phi) is 3.08. The summed E-state index contributed by atoms with van der Waals surface area (Å²) in [5, 5.41) is 28.3. The van der Waals surface area contributed by atoms with Gasteiger partial charge in [0.15, 0.2) is 0 Å². The number of nitrogens with zero attached hydrogens (tertiary/aromatic N) is 3. The van der Waals surface area contributed by atoms with Gasteiger partial charge in [-0.2, -0.15) is 0 Å². The van der Waals surface area contributed by atoms with E-state index in [0.29, 0.717) is 0 Å². The van der Waals surface area contributed by atoms with Crippen molar-refractivity contribution in [3.63, 3.8) is 0 Å². The summed E-state index contributed by atoms with van der Waals surface area (Å²) in [7, 11) is 0. The molecule has 0 atom stereocenters. The van der Waals surface area contributed by atoms with Crippen molar-refractivity contribution in [3.05, 3.63) is 47.5 Å². The minimum absolute atomic E-state index is 0.255. The van der Waals surface area contributed by atoms with Gasteiger partial charge in [-0.1, -0.05) is 5.21 Å². The molecule has 23 heavy (non-hydrogen) atoms. The van der Waals surface area contributed by atoms with Gasteiger partial charge in [-0.05, 0) is 67.3 Å². The molecule has 0 amide bonds. The van der Waals surface area contributed by atoms with E-state index in [1.54, 1.807) is 24.3 Å². The number of aryl methyl sites for hydroxylation is 3. The number of phenolic OH excluding ortho intramolecular Hbond substituents is 2. The number of aromatic nitrogens is 3. The molecule has 0 fully saturated rings. The number of hydrogen-bond acceptors (Lipinski definition) is 4. The fraction of sp³-hybridized carbons (Fsp3) is 0.222. The van der Waals surface area contributed by atoms with Crippen LogP contribution in [0.25, 0.3) is 22.5 Å². The molecule has 5 nitrogen and oxygen atoms in total. The summed E-state index contributed by atoms with van der Waals surface area (Å²) in [6, 6.07) is 10.8. The molecule has 0 saturated heterocycles. The van der Waals surface area contributed by atoms with E-state index < -0.39 is 0 Å². The van der Waals surface area contributed by atoms with Crippen molar-refractivity contribution in [1.82, 2.24) is 15.0 Å². The van der Waals surface area contributed by atoms with Crippen LogP contribution < -0.4 is 0 Å². The second-order valence-corrected chi connectivity index (χ2v) is 5.79. The first-order valence-corrected chi connectivity index (χ1v) is 7.75. The summed E-state index contributed by atoms with van der Waals surface area (Å²) in [4.78, 5) is 0. The van der Waals surface area contributed by atoms with Gasteiger partial charge in [-0.25, -0.2) is 4.68 Å². The lowest BCUT2D eigenvalue weighted by atomic mass is 9.89. The Morgan fingerprint density at radius 1 is 0.957 bits per heavy atom. The lowest BCUT2D eigenvalue weighted by Gasteiger charge is -2.18. The standard InChI is InChI=1S/C18H17N3O2/c1-2-21-18-16-8-6-14(23)10-12(16)4-3-11-9-13(22)5-7-15(11)17(18)19-20-21/h5-10,22-23H,2-4H2,1H3. The fourth-order valence-corrected chi connectivity index (χ4v) is 3.29. The van der Waals surface area contributed by atoms with Gasteiger partial charge in [-0.3, -0.25) is 0 Å². The molecule has 1 heterocycles. The summed E-state index contributed by atoms with van der Waals surface area (Å²) < 4.78 is 1.88. The van der Waals surface area contributed by atoms with E-state index in [2.05, 4.69) is 10.3 Å². The zero-order chi connectivity index (χ0) is 16.0. The highest BCUT2D eigenvalue weighted by Crippen LogP contribution is 2.39. The van der Waals surface area contributed by atoms with E-state index in [1.165, 1.54) is 0 Å². The Morgan fingerprint density at radius 2 is 1.57 bits per heavy atom. The molecule has 0 spiro atoms. The van der Waals surface area contributed by atoms with Gasteiger partial charge >= 0.3 is 0 Å². The normalized spacial score (nSPS) is 12.7. The van der Waals surface area contributed by atoms with E-state index in [1.807, 2.05) is 23.7 Å². The number of aromatic hydroxyl groups is 2. The van der Waals surface area contributed by atoms with Crippen LogP contribution in [0.4, 0.5) is 0 Å². The van der Waals surface area contributed by atoms with Crippen LogP contribution in [0.5, 0.6) is 11.5 Å².